The lowest BCUT2D eigenvalue weighted by atomic mass is 9.96. The van der Waals surface area contributed by atoms with Crippen LogP contribution in [0.1, 0.15) is 34.8 Å². The molecular formula is C17H19N3O4S. The highest BCUT2D eigenvalue weighted by Crippen LogP contribution is 2.29. The first-order valence-electron chi connectivity index (χ1n) is 7.96. The van der Waals surface area contributed by atoms with E-state index in [9.17, 15) is 18.3 Å². The number of aromatic carboxylic acids is 1. The number of piperidine rings is 1. The fourth-order valence-corrected chi connectivity index (χ4v) is 4.00. The van der Waals surface area contributed by atoms with Gasteiger partial charge < -0.3 is 5.11 Å². The molecule has 1 aliphatic heterocycles. The Morgan fingerprint density at radius 3 is 2.76 bits per heavy atom. The zero-order valence-corrected chi connectivity index (χ0v) is 14.6. The van der Waals surface area contributed by atoms with E-state index in [1.165, 1.54) is 22.8 Å². The maximum atomic E-state index is 11.8. The van der Waals surface area contributed by atoms with Crippen molar-refractivity contribution in [3.05, 3.63) is 47.9 Å². The van der Waals surface area contributed by atoms with Crippen LogP contribution >= 0.6 is 0 Å². The van der Waals surface area contributed by atoms with E-state index in [4.69, 9.17) is 0 Å². The lowest BCUT2D eigenvalue weighted by molar-refractivity contribution is 0.0697. The summed E-state index contributed by atoms with van der Waals surface area (Å²) in [6.45, 7) is 0.891. The summed E-state index contributed by atoms with van der Waals surface area (Å²) in [6, 6.07) is 6.64. The van der Waals surface area contributed by atoms with Crippen LogP contribution in [-0.4, -0.2) is 53.1 Å². The Morgan fingerprint density at radius 2 is 2.04 bits per heavy atom. The molecule has 0 radical (unpaired) electrons. The van der Waals surface area contributed by atoms with Crippen molar-refractivity contribution in [1.82, 2.24) is 14.3 Å². The average Bonchev–Trinajstić information content (AvgIpc) is 2.61. The number of nitrogens with zero attached hydrogens (tertiary/aromatic N) is 3. The minimum Gasteiger partial charge on any atom is -0.478 e. The molecule has 1 aliphatic rings. The summed E-state index contributed by atoms with van der Waals surface area (Å²) in [4.78, 5) is 20.2. The van der Waals surface area contributed by atoms with Crippen molar-refractivity contribution in [1.29, 1.82) is 0 Å². The number of carboxylic acids is 1. The lowest BCUT2D eigenvalue weighted by Crippen LogP contribution is -2.38. The molecule has 1 saturated heterocycles. The largest absolute Gasteiger partial charge is 0.478 e. The number of aromatic nitrogens is 2. The normalized spacial score (nSPS) is 18.8. The van der Waals surface area contributed by atoms with Crippen molar-refractivity contribution < 1.29 is 18.3 Å². The summed E-state index contributed by atoms with van der Waals surface area (Å²) in [7, 11) is -3.24. The summed E-state index contributed by atoms with van der Waals surface area (Å²) < 4.78 is 25.1. The molecule has 0 aliphatic carbocycles. The summed E-state index contributed by atoms with van der Waals surface area (Å²) >= 11 is 0. The van der Waals surface area contributed by atoms with E-state index in [2.05, 4.69) is 9.97 Å². The molecule has 2 aromatic rings. The Hall–Kier alpha value is -2.32. The van der Waals surface area contributed by atoms with Gasteiger partial charge in [-0.25, -0.2) is 22.5 Å². The van der Waals surface area contributed by atoms with Crippen LogP contribution in [0.25, 0.3) is 11.3 Å². The van der Waals surface area contributed by atoms with Crippen LogP contribution in [0.3, 0.4) is 0 Å². The van der Waals surface area contributed by atoms with Crippen molar-refractivity contribution in [3.63, 3.8) is 0 Å². The van der Waals surface area contributed by atoms with E-state index in [0.717, 1.165) is 12.8 Å². The molecule has 1 fully saturated rings. The molecule has 132 valence electrons. The standard InChI is InChI=1S/C17H19N3O4S/c1-25(23,24)20-8-4-5-12(11-20)15-9-18-10-16(19-15)13-6-2-3-7-14(13)17(21)22/h2-3,6-7,9-10,12H,4-5,8,11H2,1H3,(H,21,22). The highest BCUT2D eigenvalue weighted by molar-refractivity contribution is 7.88. The van der Waals surface area contributed by atoms with E-state index in [0.29, 0.717) is 30.0 Å². The molecule has 1 unspecified atom stereocenters. The third-order valence-electron chi connectivity index (χ3n) is 4.36. The number of carboxylic acid groups (broad SMARTS) is 1. The minimum atomic E-state index is -3.24. The predicted octanol–water partition coefficient (Wildman–Crippen LogP) is 1.98. The summed E-state index contributed by atoms with van der Waals surface area (Å²) in [6.07, 6.45) is 5.95. The number of rotatable bonds is 4. The van der Waals surface area contributed by atoms with Gasteiger partial charge in [0, 0.05) is 30.8 Å². The fraction of sp³-hybridized carbons (Fsp3) is 0.353. The van der Waals surface area contributed by atoms with Gasteiger partial charge in [0.05, 0.1) is 29.4 Å². The predicted molar refractivity (Wildman–Crippen MR) is 92.8 cm³/mol. The molecule has 8 heteroatoms. The Balaban J connectivity index is 1.94. The second kappa shape index (κ2) is 6.89. The molecule has 1 aromatic heterocycles. The monoisotopic (exact) mass is 361 g/mol. The number of hydrogen-bond acceptors (Lipinski definition) is 5. The molecule has 0 spiro atoms. The maximum Gasteiger partial charge on any atom is 0.336 e. The van der Waals surface area contributed by atoms with Crippen LogP contribution in [0.2, 0.25) is 0 Å². The van der Waals surface area contributed by atoms with Gasteiger partial charge in [-0.05, 0) is 18.9 Å². The molecule has 3 rings (SSSR count). The zero-order valence-electron chi connectivity index (χ0n) is 13.8. The Kier molecular flexibility index (Phi) is 4.82. The van der Waals surface area contributed by atoms with Crippen molar-refractivity contribution in [3.8, 4) is 11.3 Å². The van der Waals surface area contributed by atoms with Gasteiger partial charge in [-0.1, -0.05) is 18.2 Å². The van der Waals surface area contributed by atoms with Crippen LogP contribution in [0.15, 0.2) is 36.7 Å². The first-order chi connectivity index (χ1) is 11.9. The third kappa shape index (κ3) is 3.85. The molecule has 1 atom stereocenters. The lowest BCUT2D eigenvalue weighted by Gasteiger charge is -2.30. The van der Waals surface area contributed by atoms with Crippen molar-refractivity contribution in [2.75, 3.05) is 19.3 Å². The molecule has 0 saturated carbocycles. The molecular weight excluding hydrogens is 342 g/mol. The second-order valence-electron chi connectivity index (χ2n) is 6.14. The van der Waals surface area contributed by atoms with E-state index in [-0.39, 0.29) is 11.5 Å². The zero-order chi connectivity index (χ0) is 18.0. The van der Waals surface area contributed by atoms with Crippen LogP contribution < -0.4 is 0 Å². The SMILES string of the molecule is CS(=O)(=O)N1CCCC(c2cncc(-c3ccccc3C(=O)O)n2)C1. The average molecular weight is 361 g/mol. The summed E-state index contributed by atoms with van der Waals surface area (Å²) in [5, 5.41) is 9.35. The van der Waals surface area contributed by atoms with Crippen molar-refractivity contribution in [2.24, 2.45) is 0 Å². The van der Waals surface area contributed by atoms with Crippen LogP contribution in [-0.2, 0) is 10.0 Å². The van der Waals surface area contributed by atoms with Gasteiger partial charge in [-0.2, -0.15) is 0 Å². The quantitative estimate of drug-likeness (QED) is 0.894. The molecule has 2 heterocycles. The van der Waals surface area contributed by atoms with Crippen molar-refractivity contribution in [2.45, 2.75) is 18.8 Å². The Morgan fingerprint density at radius 1 is 1.28 bits per heavy atom. The Labute approximate surface area is 146 Å². The minimum absolute atomic E-state index is 0.0482. The van der Waals surface area contributed by atoms with Gasteiger partial charge in [-0.15, -0.1) is 0 Å². The first kappa shape index (κ1) is 17.5. The van der Waals surface area contributed by atoms with E-state index < -0.39 is 16.0 Å². The van der Waals surface area contributed by atoms with Gasteiger partial charge in [0.15, 0.2) is 0 Å². The smallest absolute Gasteiger partial charge is 0.336 e. The van der Waals surface area contributed by atoms with Crippen molar-refractivity contribution >= 4 is 16.0 Å². The maximum absolute atomic E-state index is 11.8. The van der Waals surface area contributed by atoms with E-state index in [1.807, 2.05) is 0 Å². The molecule has 25 heavy (non-hydrogen) atoms. The first-order valence-corrected chi connectivity index (χ1v) is 9.81. The topological polar surface area (TPSA) is 100 Å². The highest BCUT2D eigenvalue weighted by Gasteiger charge is 2.28. The summed E-state index contributed by atoms with van der Waals surface area (Å²) in [5.74, 6) is -1.07. The molecule has 7 nitrogen and oxygen atoms in total. The molecule has 1 aromatic carbocycles. The van der Waals surface area contributed by atoms with E-state index >= 15 is 0 Å². The number of carbonyl (C=O) groups is 1. The van der Waals surface area contributed by atoms with Crippen LogP contribution in [0, 0.1) is 0 Å². The second-order valence-corrected chi connectivity index (χ2v) is 8.12. The highest BCUT2D eigenvalue weighted by atomic mass is 32.2. The summed E-state index contributed by atoms with van der Waals surface area (Å²) in [5.41, 5.74) is 1.83. The number of sulfonamides is 1. The van der Waals surface area contributed by atoms with E-state index in [1.54, 1.807) is 24.4 Å². The van der Waals surface area contributed by atoms with Gasteiger partial charge in [0.1, 0.15) is 0 Å². The van der Waals surface area contributed by atoms with Gasteiger partial charge in [0.25, 0.3) is 0 Å². The molecule has 0 bridgehead atoms. The number of benzene rings is 1. The van der Waals surface area contributed by atoms with Crippen LogP contribution in [0.4, 0.5) is 0 Å². The fourth-order valence-electron chi connectivity index (χ4n) is 3.09. The molecule has 0 amide bonds. The van der Waals surface area contributed by atoms with Gasteiger partial charge in [0.2, 0.25) is 10.0 Å². The van der Waals surface area contributed by atoms with Gasteiger partial charge >= 0.3 is 5.97 Å². The molecule has 1 N–H and O–H groups in total. The third-order valence-corrected chi connectivity index (χ3v) is 5.63. The Bertz CT molecular complexity index is 898. The van der Waals surface area contributed by atoms with Gasteiger partial charge in [-0.3, -0.25) is 4.98 Å². The van der Waals surface area contributed by atoms with Crippen LogP contribution in [0.5, 0.6) is 0 Å². The number of hydrogen-bond donors (Lipinski definition) is 1.